The molecule has 5 heteroatoms. The summed E-state index contributed by atoms with van der Waals surface area (Å²) < 4.78 is 2.91. The molecule has 0 spiro atoms. The van der Waals surface area contributed by atoms with Crippen LogP contribution in [0, 0.1) is 0 Å². The lowest BCUT2D eigenvalue weighted by molar-refractivity contribution is 0.218. The van der Waals surface area contributed by atoms with Gasteiger partial charge in [0.2, 0.25) is 0 Å². The highest BCUT2D eigenvalue weighted by molar-refractivity contribution is 4.86. The maximum absolute atomic E-state index is 12.0. The fraction of sp³-hybridized carbons (Fsp3) is 0.692. The molecule has 0 aromatic carbocycles. The molecular formula is C13H21N3O2. The standard InChI is InChI=1S/C13H21N3O2/c1-2-15-9-6-12(17)16(13(15)18)11-10-14-7-4-3-5-8-14/h6,9H,2-5,7-8,10-11H2,1H3. The molecule has 2 heterocycles. The number of likely N-dealkylation sites (tertiary alicyclic amines) is 1. The fourth-order valence-electron chi connectivity index (χ4n) is 2.43. The van der Waals surface area contributed by atoms with Gasteiger partial charge in [0.1, 0.15) is 0 Å². The highest BCUT2D eigenvalue weighted by atomic mass is 16.2. The largest absolute Gasteiger partial charge is 0.330 e. The van der Waals surface area contributed by atoms with E-state index in [9.17, 15) is 9.59 Å². The van der Waals surface area contributed by atoms with Gasteiger partial charge in [-0.1, -0.05) is 6.42 Å². The lowest BCUT2D eigenvalue weighted by Gasteiger charge is -2.26. The Morgan fingerprint density at radius 2 is 1.83 bits per heavy atom. The summed E-state index contributed by atoms with van der Waals surface area (Å²) in [4.78, 5) is 26.0. The number of hydrogen-bond acceptors (Lipinski definition) is 3. The fourth-order valence-corrected chi connectivity index (χ4v) is 2.43. The van der Waals surface area contributed by atoms with Crippen molar-refractivity contribution in [3.63, 3.8) is 0 Å². The molecule has 0 atom stereocenters. The Kier molecular flexibility index (Phi) is 4.36. The topological polar surface area (TPSA) is 47.2 Å². The van der Waals surface area contributed by atoms with Gasteiger partial charge in [0.25, 0.3) is 5.56 Å². The van der Waals surface area contributed by atoms with Crippen LogP contribution in [0.2, 0.25) is 0 Å². The Labute approximate surface area is 107 Å². The van der Waals surface area contributed by atoms with Crippen molar-refractivity contribution in [2.24, 2.45) is 0 Å². The number of hydrogen-bond donors (Lipinski definition) is 0. The molecule has 18 heavy (non-hydrogen) atoms. The lowest BCUT2D eigenvalue weighted by atomic mass is 10.1. The molecule has 1 aromatic heterocycles. The Bertz CT molecular complexity index is 498. The molecule has 5 nitrogen and oxygen atoms in total. The van der Waals surface area contributed by atoms with Gasteiger partial charge in [-0.25, -0.2) is 4.79 Å². The molecule has 0 saturated carbocycles. The minimum atomic E-state index is -0.193. The second-order valence-electron chi connectivity index (χ2n) is 4.78. The van der Waals surface area contributed by atoms with Crippen molar-refractivity contribution < 1.29 is 0 Å². The first-order valence-electron chi connectivity index (χ1n) is 6.75. The van der Waals surface area contributed by atoms with Crippen molar-refractivity contribution in [3.05, 3.63) is 33.1 Å². The van der Waals surface area contributed by atoms with E-state index >= 15 is 0 Å². The first-order chi connectivity index (χ1) is 8.72. The van der Waals surface area contributed by atoms with Crippen LogP contribution in [0.15, 0.2) is 21.9 Å². The van der Waals surface area contributed by atoms with E-state index in [2.05, 4.69) is 4.90 Å². The number of piperidine rings is 1. The van der Waals surface area contributed by atoms with Crippen LogP contribution < -0.4 is 11.2 Å². The number of aromatic nitrogens is 2. The van der Waals surface area contributed by atoms with E-state index in [1.807, 2.05) is 6.92 Å². The van der Waals surface area contributed by atoms with Crippen molar-refractivity contribution in [1.82, 2.24) is 14.0 Å². The summed E-state index contributed by atoms with van der Waals surface area (Å²) >= 11 is 0. The smallest absolute Gasteiger partial charge is 0.302 e. The van der Waals surface area contributed by atoms with E-state index in [4.69, 9.17) is 0 Å². The van der Waals surface area contributed by atoms with Crippen LogP contribution in [0.25, 0.3) is 0 Å². The van der Waals surface area contributed by atoms with Gasteiger partial charge in [-0.2, -0.15) is 0 Å². The Balaban J connectivity index is 2.08. The number of aryl methyl sites for hydroxylation is 1. The molecule has 1 saturated heterocycles. The van der Waals surface area contributed by atoms with E-state index in [0.717, 1.165) is 19.6 Å². The predicted molar refractivity (Wildman–Crippen MR) is 70.9 cm³/mol. The molecule has 0 unspecified atom stereocenters. The zero-order valence-electron chi connectivity index (χ0n) is 11.0. The van der Waals surface area contributed by atoms with Crippen LogP contribution >= 0.6 is 0 Å². The van der Waals surface area contributed by atoms with Crippen LogP contribution in [0.3, 0.4) is 0 Å². The zero-order valence-corrected chi connectivity index (χ0v) is 11.0. The van der Waals surface area contributed by atoms with Crippen molar-refractivity contribution in [2.75, 3.05) is 19.6 Å². The average molecular weight is 251 g/mol. The van der Waals surface area contributed by atoms with Crippen molar-refractivity contribution >= 4 is 0 Å². The Morgan fingerprint density at radius 1 is 1.11 bits per heavy atom. The Hall–Kier alpha value is -1.36. The maximum atomic E-state index is 12.0. The molecule has 1 aliphatic rings. The monoisotopic (exact) mass is 251 g/mol. The van der Waals surface area contributed by atoms with Crippen LogP contribution in [-0.4, -0.2) is 33.7 Å². The highest BCUT2D eigenvalue weighted by Gasteiger charge is 2.11. The minimum Gasteiger partial charge on any atom is -0.302 e. The molecule has 0 N–H and O–H groups in total. The van der Waals surface area contributed by atoms with Gasteiger partial charge in [-0.15, -0.1) is 0 Å². The first kappa shape index (κ1) is 13.1. The molecule has 0 aliphatic carbocycles. The number of nitrogens with zero attached hydrogens (tertiary/aromatic N) is 3. The van der Waals surface area contributed by atoms with Crippen LogP contribution in [-0.2, 0) is 13.1 Å². The summed E-state index contributed by atoms with van der Waals surface area (Å²) in [5, 5.41) is 0. The molecule has 1 fully saturated rings. The van der Waals surface area contributed by atoms with Crippen LogP contribution in [0.4, 0.5) is 0 Å². The normalized spacial score (nSPS) is 16.9. The zero-order chi connectivity index (χ0) is 13.0. The SMILES string of the molecule is CCn1ccc(=O)n(CCN2CCCCC2)c1=O. The molecule has 2 rings (SSSR count). The third-order valence-corrected chi connectivity index (χ3v) is 3.57. The first-order valence-corrected chi connectivity index (χ1v) is 6.75. The molecular weight excluding hydrogens is 230 g/mol. The third kappa shape index (κ3) is 2.90. The number of rotatable bonds is 4. The van der Waals surface area contributed by atoms with Gasteiger partial charge in [-0.05, 0) is 32.9 Å². The summed E-state index contributed by atoms with van der Waals surface area (Å²) in [5.41, 5.74) is -0.385. The molecule has 1 aromatic rings. The minimum absolute atomic E-state index is 0.193. The maximum Gasteiger partial charge on any atom is 0.330 e. The second kappa shape index (κ2) is 6.00. The molecule has 0 bridgehead atoms. The van der Waals surface area contributed by atoms with E-state index in [1.165, 1.54) is 29.9 Å². The molecule has 0 amide bonds. The second-order valence-corrected chi connectivity index (χ2v) is 4.78. The van der Waals surface area contributed by atoms with Gasteiger partial charge < -0.3 is 9.47 Å². The predicted octanol–water partition coefficient (Wildman–Crippen LogP) is 0.516. The average Bonchev–Trinajstić information content (AvgIpc) is 2.40. The summed E-state index contributed by atoms with van der Waals surface area (Å²) in [6, 6.07) is 1.47. The van der Waals surface area contributed by atoms with Gasteiger partial charge in [0, 0.05) is 31.9 Å². The van der Waals surface area contributed by atoms with Crippen molar-refractivity contribution in [1.29, 1.82) is 0 Å². The van der Waals surface area contributed by atoms with Gasteiger partial charge in [-0.3, -0.25) is 9.36 Å². The Morgan fingerprint density at radius 3 is 2.50 bits per heavy atom. The summed E-state index contributed by atoms with van der Waals surface area (Å²) in [5.74, 6) is 0. The highest BCUT2D eigenvalue weighted by Crippen LogP contribution is 2.07. The quantitative estimate of drug-likeness (QED) is 0.783. The van der Waals surface area contributed by atoms with Crippen LogP contribution in [0.1, 0.15) is 26.2 Å². The summed E-state index contributed by atoms with van der Waals surface area (Å²) in [7, 11) is 0. The molecule has 1 aliphatic heterocycles. The van der Waals surface area contributed by atoms with E-state index in [-0.39, 0.29) is 11.2 Å². The summed E-state index contributed by atoms with van der Waals surface area (Å²) in [6.45, 7) is 5.97. The van der Waals surface area contributed by atoms with E-state index in [0.29, 0.717) is 13.1 Å². The van der Waals surface area contributed by atoms with Crippen LogP contribution in [0.5, 0.6) is 0 Å². The molecule has 0 radical (unpaired) electrons. The van der Waals surface area contributed by atoms with E-state index < -0.39 is 0 Å². The summed E-state index contributed by atoms with van der Waals surface area (Å²) in [6.07, 6.45) is 5.32. The third-order valence-electron chi connectivity index (χ3n) is 3.57. The van der Waals surface area contributed by atoms with Gasteiger partial charge >= 0.3 is 5.69 Å². The van der Waals surface area contributed by atoms with Crippen molar-refractivity contribution in [3.8, 4) is 0 Å². The lowest BCUT2D eigenvalue weighted by Crippen LogP contribution is -2.42. The van der Waals surface area contributed by atoms with Gasteiger partial charge in [0.05, 0.1) is 0 Å². The van der Waals surface area contributed by atoms with Gasteiger partial charge in [0.15, 0.2) is 0 Å². The van der Waals surface area contributed by atoms with Crippen molar-refractivity contribution in [2.45, 2.75) is 39.3 Å². The van der Waals surface area contributed by atoms with E-state index in [1.54, 1.807) is 10.8 Å². The molecule has 100 valence electrons.